The first kappa shape index (κ1) is 13.3. The van der Waals surface area contributed by atoms with Gasteiger partial charge in [0.25, 0.3) is 5.91 Å². The molecule has 6 heteroatoms. The molecule has 1 unspecified atom stereocenters. The second-order valence-electron chi connectivity index (χ2n) is 4.06. The molecule has 1 aliphatic heterocycles. The number of pyridine rings is 1. The van der Waals surface area contributed by atoms with E-state index in [1.54, 1.807) is 12.1 Å². The quantitative estimate of drug-likeness (QED) is 0.887. The summed E-state index contributed by atoms with van der Waals surface area (Å²) in [5.74, 6) is 0.230. The predicted molar refractivity (Wildman–Crippen MR) is 67.7 cm³/mol. The molecule has 1 aromatic heterocycles. The topological polar surface area (TPSA) is 60.5 Å². The van der Waals surface area contributed by atoms with Crippen LogP contribution in [0.15, 0.2) is 18.3 Å². The minimum Gasteiger partial charge on any atom is -0.376 e. The van der Waals surface area contributed by atoms with Gasteiger partial charge >= 0.3 is 0 Å². The van der Waals surface area contributed by atoms with Gasteiger partial charge in [-0.15, -0.1) is 0 Å². The summed E-state index contributed by atoms with van der Waals surface area (Å²) in [6.45, 7) is 1.25. The van der Waals surface area contributed by atoms with Crippen molar-refractivity contribution < 1.29 is 14.3 Å². The number of hydrogen-bond acceptors (Lipinski definition) is 4. The third kappa shape index (κ3) is 4.25. The first-order valence-electron chi connectivity index (χ1n) is 5.85. The SMILES string of the molecule is O=C(COCC1CCCO1)Nc1ccc(Cl)cn1. The van der Waals surface area contributed by atoms with Gasteiger partial charge in [0.15, 0.2) is 0 Å². The molecule has 0 aromatic carbocycles. The molecule has 1 amide bonds. The Hall–Kier alpha value is -1.17. The van der Waals surface area contributed by atoms with Crippen LogP contribution < -0.4 is 5.32 Å². The van der Waals surface area contributed by atoms with E-state index in [2.05, 4.69) is 10.3 Å². The molecule has 1 N–H and O–H groups in total. The number of carbonyl (C=O) groups is 1. The van der Waals surface area contributed by atoms with E-state index in [1.807, 2.05) is 0 Å². The summed E-state index contributed by atoms with van der Waals surface area (Å²) in [7, 11) is 0. The van der Waals surface area contributed by atoms with Gasteiger partial charge in [-0.2, -0.15) is 0 Å². The van der Waals surface area contributed by atoms with Crippen molar-refractivity contribution in [2.45, 2.75) is 18.9 Å². The van der Waals surface area contributed by atoms with E-state index >= 15 is 0 Å². The lowest BCUT2D eigenvalue weighted by molar-refractivity contribution is -0.121. The first-order valence-corrected chi connectivity index (χ1v) is 6.22. The Bertz CT molecular complexity index is 391. The van der Waals surface area contributed by atoms with Gasteiger partial charge in [0.1, 0.15) is 12.4 Å². The van der Waals surface area contributed by atoms with Gasteiger partial charge in [-0.1, -0.05) is 11.6 Å². The van der Waals surface area contributed by atoms with Gasteiger partial charge < -0.3 is 14.8 Å². The Morgan fingerprint density at radius 1 is 1.61 bits per heavy atom. The predicted octanol–water partition coefficient (Wildman–Crippen LogP) is 1.87. The lowest BCUT2D eigenvalue weighted by atomic mass is 10.2. The Balaban J connectivity index is 1.66. The Labute approximate surface area is 110 Å². The van der Waals surface area contributed by atoms with Gasteiger partial charge in [-0.3, -0.25) is 4.79 Å². The fourth-order valence-corrected chi connectivity index (χ4v) is 1.80. The summed E-state index contributed by atoms with van der Waals surface area (Å²) in [6.07, 6.45) is 3.67. The highest BCUT2D eigenvalue weighted by Crippen LogP contribution is 2.12. The lowest BCUT2D eigenvalue weighted by Gasteiger charge is -2.09. The number of anilines is 1. The largest absolute Gasteiger partial charge is 0.376 e. The van der Waals surface area contributed by atoms with Crippen LogP contribution in [0.5, 0.6) is 0 Å². The molecule has 1 aromatic rings. The summed E-state index contributed by atoms with van der Waals surface area (Å²) in [5, 5.41) is 3.15. The van der Waals surface area contributed by atoms with Gasteiger partial charge in [0, 0.05) is 12.8 Å². The molecule has 1 atom stereocenters. The molecule has 98 valence electrons. The van der Waals surface area contributed by atoms with Gasteiger partial charge in [0.2, 0.25) is 0 Å². The van der Waals surface area contributed by atoms with Gasteiger partial charge in [0.05, 0.1) is 17.7 Å². The molecule has 0 spiro atoms. The van der Waals surface area contributed by atoms with Crippen LogP contribution in [0.4, 0.5) is 5.82 Å². The minimum absolute atomic E-state index is 0.00413. The van der Waals surface area contributed by atoms with Crippen molar-refractivity contribution >= 4 is 23.3 Å². The van der Waals surface area contributed by atoms with Crippen LogP contribution >= 0.6 is 11.6 Å². The normalized spacial score (nSPS) is 18.8. The number of rotatable bonds is 5. The monoisotopic (exact) mass is 270 g/mol. The highest BCUT2D eigenvalue weighted by atomic mass is 35.5. The number of amides is 1. The molecule has 1 aliphatic rings. The molecule has 1 fully saturated rings. The second-order valence-corrected chi connectivity index (χ2v) is 4.50. The maximum atomic E-state index is 11.5. The third-order valence-electron chi connectivity index (χ3n) is 2.56. The molecule has 1 saturated heterocycles. The van der Waals surface area contributed by atoms with Crippen molar-refractivity contribution in [2.75, 3.05) is 25.1 Å². The Morgan fingerprint density at radius 2 is 2.50 bits per heavy atom. The number of hydrogen-bond donors (Lipinski definition) is 1. The van der Waals surface area contributed by atoms with Crippen LogP contribution in [0.2, 0.25) is 5.02 Å². The fourth-order valence-electron chi connectivity index (χ4n) is 1.69. The molecule has 0 aliphatic carbocycles. The van der Waals surface area contributed by atoms with E-state index < -0.39 is 0 Å². The number of carbonyl (C=O) groups excluding carboxylic acids is 1. The molecule has 0 saturated carbocycles. The smallest absolute Gasteiger partial charge is 0.251 e. The van der Waals surface area contributed by atoms with Gasteiger partial charge in [-0.05, 0) is 25.0 Å². The summed E-state index contributed by atoms with van der Waals surface area (Å²) >= 11 is 5.69. The standard InChI is InChI=1S/C12H15ClN2O3/c13-9-3-4-11(14-6-9)15-12(16)8-17-7-10-2-1-5-18-10/h3-4,6,10H,1-2,5,7-8H2,(H,14,15,16). The molecule has 18 heavy (non-hydrogen) atoms. The average molecular weight is 271 g/mol. The van der Waals surface area contributed by atoms with Crippen LogP contribution in [-0.2, 0) is 14.3 Å². The maximum absolute atomic E-state index is 11.5. The van der Waals surface area contributed by atoms with E-state index in [9.17, 15) is 4.79 Å². The van der Waals surface area contributed by atoms with E-state index in [-0.39, 0.29) is 18.6 Å². The molecule has 2 rings (SSSR count). The van der Waals surface area contributed by atoms with Crippen LogP contribution in [0, 0.1) is 0 Å². The van der Waals surface area contributed by atoms with Gasteiger partial charge in [-0.25, -0.2) is 4.98 Å². The average Bonchev–Trinajstić information content (AvgIpc) is 2.85. The van der Waals surface area contributed by atoms with Crippen molar-refractivity contribution in [2.24, 2.45) is 0 Å². The molecule has 2 heterocycles. The highest BCUT2D eigenvalue weighted by molar-refractivity contribution is 6.30. The van der Waals surface area contributed by atoms with E-state index in [4.69, 9.17) is 21.1 Å². The maximum Gasteiger partial charge on any atom is 0.251 e. The number of aromatic nitrogens is 1. The first-order chi connectivity index (χ1) is 8.74. The highest BCUT2D eigenvalue weighted by Gasteiger charge is 2.15. The van der Waals surface area contributed by atoms with Crippen LogP contribution in [0.25, 0.3) is 0 Å². The fraction of sp³-hybridized carbons (Fsp3) is 0.500. The number of ether oxygens (including phenoxy) is 2. The lowest BCUT2D eigenvalue weighted by Crippen LogP contribution is -2.22. The third-order valence-corrected chi connectivity index (χ3v) is 2.78. The van der Waals surface area contributed by atoms with Crippen LogP contribution in [0.1, 0.15) is 12.8 Å². The van der Waals surface area contributed by atoms with Crippen molar-refractivity contribution in [3.05, 3.63) is 23.4 Å². The summed E-state index contributed by atoms with van der Waals surface area (Å²) in [4.78, 5) is 15.5. The summed E-state index contributed by atoms with van der Waals surface area (Å²) in [5.41, 5.74) is 0. The zero-order valence-electron chi connectivity index (χ0n) is 9.89. The van der Waals surface area contributed by atoms with Crippen LogP contribution in [0.3, 0.4) is 0 Å². The van der Waals surface area contributed by atoms with Crippen molar-refractivity contribution in [3.8, 4) is 0 Å². The van der Waals surface area contributed by atoms with Crippen molar-refractivity contribution in [1.29, 1.82) is 0 Å². The van der Waals surface area contributed by atoms with Crippen LogP contribution in [-0.4, -0.2) is 36.8 Å². The summed E-state index contributed by atoms with van der Waals surface area (Å²) in [6, 6.07) is 3.30. The number of nitrogens with one attached hydrogen (secondary N) is 1. The van der Waals surface area contributed by atoms with Crippen molar-refractivity contribution in [3.63, 3.8) is 0 Å². The zero-order chi connectivity index (χ0) is 12.8. The Morgan fingerprint density at radius 3 is 3.17 bits per heavy atom. The number of halogens is 1. The van der Waals surface area contributed by atoms with E-state index in [1.165, 1.54) is 6.20 Å². The zero-order valence-corrected chi connectivity index (χ0v) is 10.7. The number of nitrogens with zero attached hydrogens (tertiary/aromatic N) is 1. The second kappa shape index (κ2) is 6.68. The molecule has 0 bridgehead atoms. The Kier molecular flexibility index (Phi) is 4.92. The minimum atomic E-state index is -0.234. The molecule has 0 radical (unpaired) electrons. The molecule has 5 nitrogen and oxygen atoms in total. The molecular formula is C12H15ClN2O3. The molecular weight excluding hydrogens is 256 g/mol. The van der Waals surface area contributed by atoms with Crippen molar-refractivity contribution in [1.82, 2.24) is 4.98 Å². The summed E-state index contributed by atoms with van der Waals surface area (Å²) < 4.78 is 10.7. The van der Waals surface area contributed by atoms with E-state index in [0.717, 1.165) is 19.4 Å². The van der Waals surface area contributed by atoms with E-state index in [0.29, 0.717) is 17.4 Å².